The Morgan fingerprint density at radius 3 is 2.00 bits per heavy atom. The molecule has 0 bridgehead atoms. The van der Waals surface area contributed by atoms with E-state index in [0.29, 0.717) is 0 Å². The monoisotopic (exact) mass is 202 g/mol. The second kappa shape index (κ2) is 6.47. The van der Waals surface area contributed by atoms with Crippen LogP contribution in [0.25, 0.3) is 0 Å². The van der Waals surface area contributed by atoms with Crippen LogP contribution in [0, 0.1) is 0 Å². The molecule has 82 valence electrons. The zero-order valence-electron chi connectivity index (χ0n) is 8.54. The second-order valence-electron chi connectivity index (χ2n) is 2.98. The fourth-order valence-corrected chi connectivity index (χ4v) is 0.955. The Kier molecular flexibility index (Phi) is 6.02. The van der Waals surface area contributed by atoms with Gasteiger partial charge in [-0.15, -0.1) is 0 Å². The molecular formula is C8H18N4O2. The lowest BCUT2D eigenvalue weighted by Gasteiger charge is -2.18. The number of hydrogen-bond donors (Lipinski definition) is 4. The molecule has 2 atom stereocenters. The van der Waals surface area contributed by atoms with Crippen LogP contribution in [0.5, 0.6) is 0 Å². The van der Waals surface area contributed by atoms with Crippen LogP contribution >= 0.6 is 0 Å². The lowest BCUT2D eigenvalue weighted by molar-refractivity contribution is -0.127. The van der Waals surface area contributed by atoms with Crippen molar-refractivity contribution in [3.63, 3.8) is 0 Å². The first-order valence-corrected chi connectivity index (χ1v) is 4.45. The smallest absolute Gasteiger partial charge is 0.239 e. The third kappa shape index (κ3) is 3.82. The predicted molar refractivity (Wildman–Crippen MR) is 53.6 cm³/mol. The molecular weight excluding hydrogens is 184 g/mol. The molecule has 0 rings (SSSR count). The summed E-state index contributed by atoms with van der Waals surface area (Å²) in [4.78, 5) is 22.4. The maximum atomic E-state index is 11.4. The Morgan fingerprint density at radius 1 is 1.21 bits per heavy atom. The molecule has 0 aromatic rings. The van der Waals surface area contributed by atoms with Crippen molar-refractivity contribution in [2.75, 3.05) is 20.1 Å². The van der Waals surface area contributed by atoms with Crippen LogP contribution < -0.4 is 22.1 Å². The van der Waals surface area contributed by atoms with E-state index in [9.17, 15) is 9.59 Å². The van der Waals surface area contributed by atoms with Gasteiger partial charge in [-0.2, -0.15) is 0 Å². The van der Waals surface area contributed by atoms with Crippen molar-refractivity contribution in [1.29, 1.82) is 0 Å². The number of nitrogens with two attached hydrogens (primary N) is 2. The van der Waals surface area contributed by atoms with Crippen LogP contribution in [-0.2, 0) is 9.59 Å². The summed E-state index contributed by atoms with van der Waals surface area (Å²) in [6, 6.07) is -1.10. The molecule has 6 heteroatoms. The van der Waals surface area contributed by atoms with Crippen molar-refractivity contribution in [2.45, 2.75) is 19.0 Å². The van der Waals surface area contributed by atoms with Crippen molar-refractivity contribution in [3.05, 3.63) is 0 Å². The van der Waals surface area contributed by atoms with Gasteiger partial charge in [0, 0.05) is 13.1 Å². The Morgan fingerprint density at radius 2 is 1.71 bits per heavy atom. The zero-order chi connectivity index (χ0) is 11.1. The van der Waals surface area contributed by atoms with Gasteiger partial charge in [-0.05, 0) is 14.0 Å². The minimum absolute atomic E-state index is 0.0993. The highest BCUT2D eigenvalue weighted by atomic mass is 16.2. The minimum Gasteiger partial charge on any atom is -0.344 e. The Labute approximate surface area is 83.4 Å². The average molecular weight is 202 g/mol. The molecule has 0 aromatic heterocycles. The molecule has 0 aliphatic carbocycles. The second-order valence-corrected chi connectivity index (χ2v) is 2.98. The average Bonchev–Trinajstić information content (AvgIpc) is 2.15. The fourth-order valence-electron chi connectivity index (χ4n) is 0.955. The van der Waals surface area contributed by atoms with Gasteiger partial charge in [-0.1, -0.05) is 0 Å². The molecule has 1 amide bonds. The van der Waals surface area contributed by atoms with Crippen LogP contribution in [0.1, 0.15) is 6.92 Å². The van der Waals surface area contributed by atoms with Gasteiger partial charge in [0.05, 0.1) is 12.1 Å². The Hall–Kier alpha value is -0.980. The van der Waals surface area contributed by atoms with E-state index in [-0.39, 0.29) is 24.8 Å². The summed E-state index contributed by atoms with van der Waals surface area (Å²) in [5.41, 5.74) is 10.7. The van der Waals surface area contributed by atoms with E-state index >= 15 is 0 Å². The first-order valence-electron chi connectivity index (χ1n) is 4.45. The highest BCUT2D eigenvalue weighted by Crippen LogP contribution is 1.86. The van der Waals surface area contributed by atoms with Gasteiger partial charge in [-0.25, -0.2) is 0 Å². The molecule has 0 heterocycles. The number of ketones is 1. The molecule has 0 radical (unpaired) electrons. The van der Waals surface area contributed by atoms with Crippen LogP contribution in [-0.4, -0.2) is 43.9 Å². The topological polar surface area (TPSA) is 110 Å². The first-order chi connectivity index (χ1) is 6.56. The first kappa shape index (κ1) is 13.0. The number of carbonyl (C=O) groups is 2. The van der Waals surface area contributed by atoms with E-state index in [4.69, 9.17) is 11.5 Å². The highest BCUT2D eigenvalue weighted by molar-refractivity contribution is 5.89. The lowest BCUT2D eigenvalue weighted by Crippen LogP contribution is -2.53. The number of amides is 1. The van der Waals surface area contributed by atoms with E-state index in [1.165, 1.54) is 6.92 Å². The third-order valence-corrected chi connectivity index (χ3v) is 1.94. The lowest BCUT2D eigenvalue weighted by atomic mass is 10.2. The van der Waals surface area contributed by atoms with Crippen molar-refractivity contribution < 1.29 is 9.59 Å². The molecule has 0 spiro atoms. The SMILES string of the molecule is CNC(CN)C(=O)NC(CN)C(C)=O. The number of rotatable bonds is 6. The quantitative estimate of drug-likeness (QED) is 0.382. The van der Waals surface area contributed by atoms with Crippen LogP contribution in [0.3, 0.4) is 0 Å². The molecule has 6 nitrogen and oxygen atoms in total. The van der Waals surface area contributed by atoms with Crippen molar-refractivity contribution >= 4 is 11.7 Å². The molecule has 0 saturated carbocycles. The summed E-state index contributed by atoms with van der Waals surface area (Å²) in [5.74, 6) is -0.464. The summed E-state index contributed by atoms with van der Waals surface area (Å²) in [6.45, 7) is 1.66. The minimum atomic E-state index is -0.620. The standard InChI is InChI=1S/C8H18N4O2/c1-5(13)6(3-9)12-8(14)7(4-10)11-2/h6-7,11H,3-4,9-10H2,1-2H3,(H,12,14). The van der Waals surface area contributed by atoms with E-state index in [1.54, 1.807) is 7.05 Å². The van der Waals surface area contributed by atoms with Gasteiger partial charge in [0.25, 0.3) is 0 Å². The Bertz CT molecular complexity index is 204. The summed E-state index contributed by atoms with van der Waals surface area (Å²) in [6.07, 6.45) is 0. The number of nitrogens with one attached hydrogen (secondary N) is 2. The Balaban J connectivity index is 4.20. The van der Waals surface area contributed by atoms with Gasteiger partial charge in [-0.3, -0.25) is 9.59 Å². The number of carbonyl (C=O) groups excluding carboxylic acids is 2. The van der Waals surface area contributed by atoms with Gasteiger partial charge in [0.2, 0.25) is 5.91 Å². The zero-order valence-corrected chi connectivity index (χ0v) is 8.54. The van der Waals surface area contributed by atoms with Gasteiger partial charge < -0.3 is 22.1 Å². The molecule has 0 aromatic carbocycles. The molecule has 0 aliphatic rings. The third-order valence-electron chi connectivity index (χ3n) is 1.94. The summed E-state index contributed by atoms with van der Waals surface area (Å²) in [5, 5.41) is 5.24. The van der Waals surface area contributed by atoms with E-state index in [0.717, 1.165) is 0 Å². The summed E-state index contributed by atoms with van der Waals surface area (Å²) < 4.78 is 0. The molecule has 2 unspecified atom stereocenters. The number of Topliss-reactive ketones (excluding diaryl/α,β-unsaturated/α-hetero) is 1. The van der Waals surface area contributed by atoms with E-state index < -0.39 is 12.1 Å². The molecule has 14 heavy (non-hydrogen) atoms. The molecule has 0 saturated heterocycles. The highest BCUT2D eigenvalue weighted by Gasteiger charge is 2.20. The molecule has 0 fully saturated rings. The van der Waals surface area contributed by atoms with E-state index in [1.807, 2.05) is 0 Å². The van der Waals surface area contributed by atoms with Gasteiger partial charge >= 0.3 is 0 Å². The normalized spacial score (nSPS) is 14.6. The van der Waals surface area contributed by atoms with E-state index in [2.05, 4.69) is 10.6 Å². The van der Waals surface area contributed by atoms with Crippen molar-refractivity contribution in [1.82, 2.24) is 10.6 Å². The largest absolute Gasteiger partial charge is 0.344 e. The van der Waals surface area contributed by atoms with Crippen molar-refractivity contribution in [2.24, 2.45) is 11.5 Å². The maximum Gasteiger partial charge on any atom is 0.239 e. The van der Waals surface area contributed by atoms with Crippen LogP contribution in [0.15, 0.2) is 0 Å². The van der Waals surface area contributed by atoms with Crippen LogP contribution in [0.4, 0.5) is 0 Å². The van der Waals surface area contributed by atoms with Gasteiger partial charge in [0.15, 0.2) is 5.78 Å². The fraction of sp³-hybridized carbons (Fsp3) is 0.750. The van der Waals surface area contributed by atoms with Crippen LogP contribution in [0.2, 0.25) is 0 Å². The van der Waals surface area contributed by atoms with Gasteiger partial charge in [0.1, 0.15) is 0 Å². The predicted octanol–water partition coefficient (Wildman–Crippen LogP) is -2.43. The summed E-state index contributed by atoms with van der Waals surface area (Å²) >= 11 is 0. The molecule has 0 aliphatic heterocycles. The maximum absolute atomic E-state index is 11.4. The summed E-state index contributed by atoms with van der Waals surface area (Å²) in [7, 11) is 1.63. The number of likely N-dealkylation sites (N-methyl/N-ethyl adjacent to an activating group) is 1. The number of hydrogen-bond acceptors (Lipinski definition) is 5. The van der Waals surface area contributed by atoms with Crippen molar-refractivity contribution in [3.8, 4) is 0 Å². The molecule has 6 N–H and O–H groups in total.